The van der Waals surface area contributed by atoms with E-state index in [-0.39, 0.29) is 5.78 Å². The fourth-order valence-corrected chi connectivity index (χ4v) is 2.25. The molecule has 2 nitrogen and oxygen atoms in total. The average Bonchev–Trinajstić information content (AvgIpc) is 2.55. The van der Waals surface area contributed by atoms with E-state index >= 15 is 0 Å². The van der Waals surface area contributed by atoms with Gasteiger partial charge in [0.1, 0.15) is 0 Å². The van der Waals surface area contributed by atoms with Gasteiger partial charge in [0, 0.05) is 28.8 Å². The minimum atomic E-state index is 0.115. The van der Waals surface area contributed by atoms with Crippen molar-refractivity contribution in [1.29, 1.82) is 0 Å². The highest BCUT2D eigenvalue weighted by Gasteiger charge is 2.10. The zero-order valence-corrected chi connectivity index (χ0v) is 10.3. The third kappa shape index (κ3) is 1.72. The van der Waals surface area contributed by atoms with E-state index in [1.165, 1.54) is 0 Å². The van der Waals surface area contributed by atoms with Gasteiger partial charge in [-0.25, -0.2) is 0 Å². The minimum absolute atomic E-state index is 0.115. The van der Waals surface area contributed by atoms with E-state index in [4.69, 9.17) is 0 Å². The summed E-state index contributed by atoms with van der Waals surface area (Å²) in [6, 6.07) is 8.02. The van der Waals surface area contributed by atoms with Crippen LogP contribution in [0.2, 0.25) is 0 Å². The van der Waals surface area contributed by atoms with E-state index in [2.05, 4.69) is 15.9 Å². The molecule has 0 amide bonds. The number of benzene rings is 1. The van der Waals surface area contributed by atoms with Crippen LogP contribution < -0.4 is 0 Å². The van der Waals surface area contributed by atoms with Gasteiger partial charge in [0.15, 0.2) is 5.78 Å². The van der Waals surface area contributed by atoms with Crippen LogP contribution in [0.15, 0.2) is 28.7 Å². The summed E-state index contributed by atoms with van der Waals surface area (Å²) >= 11 is 3.43. The highest BCUT2D eigenvalue weighted by molar-refractivity contribution is 9.10. The maximum absolute atomic E-state index is 11.4. The lowest BCUT2D eigenvalue weighted by atomic mass is 10.2. The molecule has 1 heterocycles. The Morgan fingerprint density at radius 1 is 1.40 bits per heavy atom. The van der Waals surface area contributed by atoms with Gasteiger partial charge in [-0.3, -0.25) is 4.79 Å². The van der Waals surface area contributed by atoms with Gasteiger partial charge in [-0.15, -0.1) is 0 Å². The number of halogens is 1. The Morgan fingerprint density at radius 3 is 2.73 bits per heavy atom. The zero-order valence-electron chi connectivity index (χ0n) is 8.75. The van der Waals surface area contributed by atoms with Gasteiger partial charge in [0.25, 0.3) is 0 Å². The summed E-state index contributed by atoms with van der Waals surface area (Å²) < 4.78 is 3.09. The first-order valence-corrected chi connectivity index (χ1v) is 5.72. The summed E-state index contributed by atoms with van der Waals surface area (Å²) in [5.41, 5.74) is 1.90. The smallest absolute Gasteiger partial charge is 0.176 e. The molecule has 78 valence electrons. The zero-order chi connectivity index (χ0) is 11.0. The Bertz CT molecular complexity index is 528. The normalized spacial score (nSPS) is 10.9. The van der Waals surface area contributed by atoms with Crippen molar-refractivity contribution in [3.05, 3.63) is 34.4 Å². The van der Waals surface area contributed by atoms with E-state index in [0.29, 0.717) is 0 Å². The number of hydrogen-bond acceptors (Lipinski definition) is 1. The third-order valence-electron chi connectivity index (χ3n) is 2.54. The van der Waals surface area contributed by atoms with Crippen LogP contribution >= 0.6 is 15.9 Å². The second kappa shape index (κ2) is 3.81. The van der Waals surface area contributed by atoms with Crippen molar-refractivity contribution < 1.29 is 4.79 Å². The standard InChI is InChI=1S/C12H12BrNO/c1-3-14-11-5-4-10(13)6-9(11)7-12(14)8(2)15/h4-7H,3H2,1-2H3. The van der Waals surface area contributed by atoms with Crippen LogP contribution in [0, 0.1) is 0 Å². The molecule has 0 bridgehead atoms. The van der Waals surface area contributed by atoms with E-state index in [1.807, 2.05) is 35.8 Å². The van der Waals surface area contributed by atoms with Gasteiger partial charge in [0.05, 0.1) is 5.69 Å². The number of nitrogens with zero attached hydrogens (tertiary/aromatic N) is 1. The Balaban J connectivity index is 2.78. The van der Waals surface area contributed by atoms with Crippen LogP contribution in [-0.4, -0.2) is 10.4 Å². The quantitative estimate of drug-likeness (QED) is 0.761. The number of rotatable bonds is 2. The van der Waals surface area contributed by atoms with Crippen molar-refractivity contribution in [3.63, 3.8) is 0 Å². The summed E-state index contributed by atoms with van der Waals surface area (Å²) in [7, 11) is 0. The topological polar surface area (TPSA) is 22.0 Å². The first kappa shape index (κ1) is 10.4. The van der Waals surface area contributed by atoms with Gasteiger partial charge in [-0.1, -0.05) is 15.9 Å². The van der Waals surface area contributed by atoms with E-state index in [9.17, 15) is 4.79 Å². The maximum Gasteiger partial charge on any atom is 0.176 e. The fourth-order valence-electron chi connectivity index (χ4n) is 1.87. The molecular weight excluding hydrogens is 254 g/mol. The lowest BCUT2D eigenvalue weighted by molar-refractivity contribution is 0.100. The average molecular weight is 266 g/mol. The van der Waals surface area contributed by atoms with Crippen molar-refractivity contribution >= 4 is 32.6 Å². The van der Waals surface area contributed by atoms with Crippen molar-refractivity contribution in [2.24, 2.45) is 0 Å². The lowest BCUT2D eigenvalue weighted by Gasteiger charge is -2.04. The number of Topliss-reactive ketones (excluding diaryl/α,β-unsaturated/α-hetero) is 1. The number of ketones is 1. The van der Waals surface area contributed by atoms with Gasteiger partial charge in [-0.2, -0.15) is 0 Å². The molecule has 0 aliphatic heterocycles. The number of aromatic nitrogens is 1. The SMILES string of the molecule is CCn1c(C(C)=O)cc2cc(Br)ccc21. The van der Waals surface area contributed by atoms with Gasteiger partial charge >= 0.3 is 0 Å². The Morgan fingerprint density at radius 2 is 2.13 bits per heavy atom. The summed E-state index contributed by atoms with van der Waals surface area (Å²) in [4.78, 5) is 11.4. The van der Waals surface area contributed by atoms with E-state index < -0.39 is 0 Å². The van der Waals surface area contributed by atoms with Crippen LogP contribution in [0.5, 0.6) is 0 Å². The third-order valence-corrected chi connectivity index (χ3v) is 3.03. The van der Waals surface area contributed by atoms with Crippen LogP contribution in [0.3, 0.4) is 0 Å². The largest absolute Gasteiger partial charge is 0.338 e. The molecule has 2 rings (SSSR count). The van der Waals surface area contributed by atoms with Gasteiger partial charge < -0.3 is 4.57 Å². The van der Waals surface area contributed by atoms with Crippen molar-refractivity contribution in [1.82, 2.24) is 4.57 Å². The molecule has 1 aromatic carbocycles. The predicted octanol–water partition coefficient (Wildman–Crippen LogP) is 3.63. The summed E-state index contributed by atoms with van der Waals surface area (Å²) in [6.07, 6.45) is 0. The molecule has 0 atom stereocenters. The highest BCUT2D eigenvalue weighted by Crippen LogP contribution is 2.24. The summed E-state index contributed by atoms with van der Waals surface area (Å²) in [5, 5.41) is 1.11. The molecule has 3 heteroatoms. The molecule has 2 aromatic rings. The van der Waals surface area contributed by atoms with E-state index in [1.54, 1.807) is 6.92 Å². The number of aryl methyl sites for hydroxylation is 1. The first-order valence-electron chi connectivity index (χ1n) is 4.93. The molecule has 0 saturated heterocycles. The molecule has 0 unspecified atom stereocenters. The molecule has 15 heavy (non-hydrogen) atoms. The number of carbonyl (C=O) groups excluding carboxylic acids is 1. The molecule has 0 aliphatic rings. The van der Waals surface area contributed by atoms with Crippen LogP contribution in [-0.2, 0) is 6.54 Å². The number of carbonyl (C=O) groups is 1. The minimum Gasteiger partial charge on any atom is -0.338 e. The Labute approximate surface area is 97.0 Å². The van der Waals surface area contributed by atoms with Gasteiger partial charge in [0.2, 0.25) is 0 Å². The van der Waals surface area contributed by atoms with Crippen molar-refractivity contribution in [3.8, 4) is 0 Å². The predicted molar refractivity (Wildman–Crippen MR) is 65.3 cm³/mol. The van der Waals surface area contributed by atoms with Gasteiger partial charge in [-0.05, 0) is 31.2 Å². The first-order chi connectivity index (χ1) is 7.13. The molecule has 0 spiro atoms. The van der Waals surface area contributed by atoms with Crippen LogP contribution in [0.4, 0.5) is 0 Å². The number of fused-ring (bicyclic) bond motifs is 1. The molecule has 0 aliphatic carbocycles. The van der Waals surface area contributed by atoms with Crippen molar-refractivity contribution in [2.45, 2.75) is 20.4 Å². The number of hydrogen-bond donors (Lipinski definition) is 0. The second-order valence-corrected chi connectivity index (χ2v) is 4.45. The van der Waals surface area contributed by atoms with Crippen LogP contribution in [0.25, 0.3) is 10.9 Å². The molecule has 1 aromatic heterocycles. The Hall–Kier alpha value is -1.09. The molecule has 0 radical (unpaired) electrons. The fraction of sp³-hybridized carbons (Fsp3) is 0.250. The van der Waals surface area contributed by atoms with Crippen LogP contribution in [0.1, 0.15) is 24.3 Å². The Kier molecular flexibility index (Phi) is 2.65. The van der Waals surface area contributed by atoms with Crippen molar-refractivity contribution in [2.75, 3.05) is 0 Å². The monoisotopic (exact) mass is 265 g/mol. The second-order valence-electron chi connectivity index (χ2n) is 3.53. The molecular formula is C12H12BrNO. The van der Waals surface area contributed by atoms with E-state index in [0.717, 1.165) is 27.6 Å². The highest BCUT2D eigenvalue weighted by atomic mass is 79.9. The molecule has 0 N–H and O–H groups in total. The maximum atomic E-state index is 11.4. The molecule has 0 fully saturated rings. The molecule has 0 saturated carbocycles. The summed E-state index contributed by atoms with van der Waals surface area (Å²) in [6.45, 7) is 4.48. The summed E-state index contributed by atoms with van der Waals surface area (Å²) in [5.74, 6) is 0.115. The lowest BCUT2D eigenvalue weighted by Crippen LogP contribution is -2.04.